The molecule has 3 aromatic rings. The molecule has 3 unspecified atom stereocenters. The molecule has 1 saturated heterocycles. The SMILES string of the molecule is Cc1cc(NC(=O)COc2ccc3ccccc3c2)n(C2NC(=O)C3CCCC3N2)n1. The number of amides is 2. The molecule has 1 aliphatic heterocycles. The van der Waals surface area contributed by atoms with Crippen LogP contribution >= 0.6 is 0 Å². The lowest BCUT2D eigenvalue weighted by molar-refractivity contribution is -0.130. The predicted molar refractivity (Wildman–Crippen MR) is 116 cm³/mol. The number of aryl methyl sites for hydroxylation is 1. The summed E-state index contributed by atoms with van der Waals surface area (Å²) in [7, 11) is 0. The topological polar surface area (TPSA) is 97.3 Å². The Kier molecular flexibility index (Phi) is 5.07. The van der Waals surface area contributed by atoms with Gasteiger partial charge in [0.2, 0.25) is 5.91 Å². The van der Waals surface area contributed by atoms with Crippen molar-refractivity contribution >= 4 is 28.4 Å². The summed E-state index contributed by atoms with van der Waals surface area (Å²) in [5.74, 6) is 0.902. The molecule has 1 aliphatic carbocycles. The molecule has 0 bridgehead atoms. The molecule has 2 heterocycles. The summed E-state index contributed by atoms with van der Waals surface area (Å²) in [4.78, 5) is 25.0. The van der Waals surface area contributed by atoms with Crippen LogP contribution in [0.2, 0.25) is 0 Å². The summed E-state index contributed by atoms with van der Waals surface area (Å²) in [6.07, 6.45) is 2.42. The van der Waals surface area contributed by atoms with Crippen LogP contribution in [0.3, 0.4) is 0 Å². The Balaban J connectivity index is 1.25. The highest BCUT2D eigenvalue weighted by molar-refractivity contribution is 5.91. The zero-order chi connectivity index (χ0) is 21.4. The summed E-state index contributed by atoms with van der Waals surface area (Å²) < 4.78 is 7.31. The van der Waals surface area contributed by atoms with Crippen LogP contribution < -0.4 is 20.7 Å². The molecule has 5 rings (SSSR count). The monoisotopic (exact) mass is 419 g/mol. The van der Waals surface area contributed by atoms with Crippen LogP contribution in [-0.4, -0.2) is 34.2 Å². The van der Waals surface area contributed by atoms with Crippen molar-refractivity contribution in [2.45, 2.75) is 38.5 Å². The highest BCUT2D eigenvalue weighted by atomic mass is 16.5. The smallest absolute Gasteiger partial charge is 0.263 e. The lowest BCUT2D eigenvalue weighted by Crippen LogP contribution is -2.57. The number of hydrogen-bond acceptors (Lipinski definition) is 5. The summed E-state index contributed by atoms with van der Waals surface area (Å²) in [6, 6.07) is 15.6. The molecule has 3 atom stereocenters. The number of benzene rings is 2. The van der Waals surface area contributed by atoms with Crippen molar-refractivity contribution in [3.8, 4) is 5.75 Å². The van der Waals surface area contributed by atoms with Crippen LogP contribution in [0.5, 0.6) is 5.75 Å². The standard InChI is InChI=1S/C23H25N5O3/c1-14-11-20(28(27-14)23-24-19-8-4-7-18(19)22(30)26-23)25-21(29)13-31-17-10-9-15-5-2-3-6-16(15)12-17/h2-3,5-6,9-12,18-19,23-24H,4,7-8,13H2,1H3,(H,25,29)(H,26,30). The van der Waals surface area contributed by atoms with E-state index in [-0.39, 0.29) is 30.4 Å². The van der Waals surface area contributed by atoms with Gasteiger partial charge in [-0.3, -0.25) is 14.9 Å². The Morgan fingerprint density at radius 1 is 1.19 bits per heavy atom. The molecule has 3 N–H and O–H groups in total. The highest BCUT2D eigenvalue weighted by Crippen LogP contribution is 2.30. The molecule has 2 aliphatic rings. The fraction of sp³-hybridized carbons (Fsp3) is 0.348. The van der Waals surface area contributed by atoms with Gasteiger partial charge >= 0.3 is 0 Å². The van der Waals surface area contributed by atoms with Crippen molar-refractivity contribution in [1.82, 2.24) is 20.4 Å². The third-order valence-electron chi connectivity index (χ3n) is 5.96. The molecule has 8 nitrogen and oxygen atoms in total. The van der Waals surface area contributed by atoms with Gasteiger partial charge in [0.1, 0.15) is 11.6 Å². The molecule has 1 aromatic heterocycles. The molecule has 0 radical (unpaired) electrons. The van der Waals surface area contributed by atoms with E-state index in [0.717, 1.165) is 35.7 Å². The molecule has 31 heavy (non-hydrogen) atoms. The molecule has 2 aromatic carbocycles. The largest absolute Gasteiger partial charge is 0.484 e. The lowest BCUT2D eigenvalue weighted by atomic mass is 10.0. The minimum atomic E-state index is -0.489. The number of nitrogens with one attached hydrogen (secondary N) is 3. The number of fused-ring (bicyclic) bond motifs is 2. The van der Waals surface area contributed by atoms with E-state index in [1.807, 2.05) is 49.4 Å². The summed E-state index contributed by atoms with van der Waals surface area (Å²) in [5, 5.41) is 15.9. The van der Waals surface area contributed by atoms with E-state index >= 15 is 0 Å². The van der Waals surface area contributed by atoms with Crippen molar-refractivity contribution in [3.63, 3.8) is 0 Å². The van der Waals surface area contributed by atoms with Gasteiger partial charge < -0.3 is 15.4 Å². The molecular formula is C23H25N5O3. The molecule has 8 heteroatoms. The normalized spacial score (nSPS) is 22.7. The first-order valence-electron chi connectivity index (χ1n) is 10.6. The number of aromatic nitrogens is 2. The van der Waals surface area contributed by atoms with Crippen molar-refractivity contribution in [2.24, 2.45) is 5.92 Å². The summed E-state index contributed by atoms with van der Waals surface area (Å²) in [5.41, 5.74) is 0.746. The van der Waals surface area contributed by atoms with Gasteiger partial charge in [-0.05, 0) is 42.7 Å². The minimum Gasteiger partial charge on any atom is -0.484 e. The molecule has 1 saturated carbocycles. The quantitative estimate of drug-likeness (QED) is 0.591. The zero-order valence-corrected chi connectivity index (χ0v) is 17.3. The first-order valence-corrected chi connectivity index (χ1v) is 10.6. The zero-order valence-electron chi connectivity index (χ0n) is 17.3. The first-order chi connectivity index (χ1) is 15.1. The van der Waals surface area contributed by atoms with E-state index < -0.39 is 6.29 Å². The van der Waals surface area contributed by atoms with E-state index in [9.17, 15) is 9.59 Å². The van der Waals surface area contributed by atoms with Crippen molar-refractivity contribution in [3.05, 3.63) is 54.2 Å². The van der Waals surface area contributed by atoms with Gasteiger partial charge in [-0.1, -0.05) is 36.8 Å². The van der Waals surface area contributed by atoms with Crippen molar-refractivity contribution in [2.75, 3.05) is 11.9 Å². The Bertz CT molecular complexity index is 1140. The average Bonchev–Trinajstić information content (AvgIpc) is 3.38. The van der Waals surface area contributed by atoms with Crippen LogP contribution in [0, 0.1) is 12.8 Å². The third kappa shape index (κ3) is 3.98. The fourth-order valence-electron chi connectivity index (χ4n) is 4.48. The maximum atomic E-state index is 12.6. The van der Waals surface area contributed by atoms with Crippen LogP contribution in [-0.2, 0) is 9.59 Å². The molecule has 0 spiro atoms. The Morgan fingerprint density at radius 2 is 2.03 bits per heavy atom. The Hall–Kier alpha value is -3.39. The van der Waals surface area contributed by atoms with Gasteiger partial charge in [0.25, 0.3) is 5.91 Å². The van der Waals surface area contributed by atoms with Gasteiger partial charge in [-0.2, -0.15) is 5.10 Å². The number of hydrogen-bond donors (Lipinski definition) is 3. The number of anilines is 1. The summed E-state index contributed by atoms with van der Waals surface area (Å²) >= 11 is 0. The molecule has 2 amide bonds. The lowest BCUT2D eigenvalue weighted by Gasteiger charge is -2.34. The Morgan fingerprint density at radius 3 is 2.90 bits per heavy atom. The molecule has 2 fully saturated rings. The van der Waals surface area contributed by atoms with E-state index in [4.69, 9.17) is 4.74 Å². The number of nitrogens with zero attached hydrogens (tertiary/aromatic N) is 2. The second-order valence-electron chi connectivity index (χ2n) is 8.18. The van der Waals surface area contributed by atoms with E-state index in [1.165, 1.54) is 0 Å². The Labute approximate surface area is 180 Å². The van der Waals surface area contributed by atoms with Crippen LogP contribution in [0.1, 0.15) is 31.2 Å². The maximum Gasteiger partial charge on any atom is 0.263 e. The van der Waals surface area contributed by atoms with Gasteiger partial charge in [0.05, 0.1) is 11.6 Å². The van der Waals surface area contributed by atoms with Crippen LogP contribution in [0.15, 0.2) is 48.5 Å². The second-order valence-corrected chi connectivity index (χ2v) is 8.18. The maximum absolute atomic E-state index is 12.6. The van der Waals surface area contributed by atoms with Crippen LogP contribution in [0.4, 0.5) is 5.82 Å². The second kappa shape index (κ2) is 8.03. The minimum absolute atomic E-state index is 0.0151. The predicted octanol–water partition coefficient (Wildman–Crippen LogP) is 2.71. The fourth-order valence-corrected chi connectivity index (χ4v) is 4.48. The third-order valence-corrected chi connectivity index (χ3v) is 5.96. The number of ether oxygens (including phenoxy) is 1. The first kappa shape index (κ1) is 19.6. The molecular weight excluding hydrogens is 394 g/mol. The van der Waals surface area contributed by atoms with Gasteiger partial charge in [-0.15, -0.1) is 0 Å². The number of carbonyl (C=O) groups is 2. The van der Waals surface area contributed by atoms with Crippen molar-refractivity contribution < 1.29 is 14.3 Å². The van der Waals surface area contributed by atoms with Gasteiger partial charge in [-0.25, -0.2) is 4.68 Å². The van der Waals surface area contributed by atoms with E-state index in [0.29, 0.717) is 11.6 Å². The van der Waals surface area contributed by atoms with E-state index in [1.54, 1.807) is 10.7 Å². The highest BCUT2D eigenvalue weighted by Gasteiger charge is 2.40. The van der Waals surface area contributed by atoms with Crippen molar-refractivity contribution in [1.29, 1.82) is 0 Å². The van der Waals surface area contributed by atoms with Crippen LogP contribution in [0.25, 0.3) is 10.8 Å². The van der Waals surface area contributed by atoms with Gasteiger partial charge in [0, 0.05) is 12.1 Å². The average molecular weight is 419 g/mol. The van der Waals surface area contributed by atoms with Gasteiger partial charge in [0.15, 0.2) is 12.9 Å². The summed E-state index contributed by atoms with van der Waals surface area (Å²) in [6.45, 7) is 1.72. The molecule has 160 valence electrons. The number of carbonyl (C=O) groups excluding carboxylic acids is 2. The van der Waals surface area contributed by atoms with E-state index in [2.05, 4.69) is 21.0 Å². The number of rotatable bonds is 5.